The molecule has 3 aromatic rings. The Kier molecular flexibility index (Phi) is 4.61. The number of benzene rings is 2. The Morgan fingerprint density at radius 1 is 1.12 bits per heavy atom. The van der Waals surface area contributed by atoms with Crippen molar-refractivity contribution in [2.24, 2.45) is 0 Å². The molecule has 1 fully saturated rings. The highest BCUT2D eigenvalue weighted by atomic mass is 16.3. The van der Waals surface area contributed by atoms with Crippen molar-refractivity contribution in [1.29, 1.82) is 0 Å². The number of hydrogen-bond donors (Lipinski definition) is 2. The lowest BCUT2D eigenvalue weighted by molar-refractivity contribution is -0.132. The van der Waals surface area contributed by atoms with E-state index in [0.717, 1.165) is 48.4 Å². The number of imidazole rings is 1. The molecule has 134 valence electrons. The molecule has 1 saturated heterocycles. The molecule has 1 aromatic heterocycles. The third-order valence-electron chi connectivity index (χ3n) is 5.24. The van der Waals surface area contributed by atoms with Gasteiger partial charge < -0.3 is 15.0 Å². The Morgan fingerprint density at radius 2 is 1.85 bits per heavy atom. The molecule has 0 saturated carbocycles. The first-order valence-corrected chi connectivity index (χ1v) is 9.20. The molecule has 0 bridgehead atoms. The predicted molar refractivity (Wildman–Crippen MR) is 101 cm³/mol. The summed E-state index contributed by atoms with van der Waals surface area (Å²) in [5.74, 6) is 1.84. The van der Waals surface area contributed by atoms with Gasteiger partial charge in [-0.25, -0.2) is 4.98 Å². The second-order valence-corrected chi connectivity index (χ2v) is 6.92. The molecule has 1 aliphatic rings. The number of aromatic amines is 1. The maximum Gasteiger partial charge on any atom is 0.222 e. The molecule has 5 nitrogen and oxygen atoms in total. The number of likely N-dealkylation sites (tertiary alicyclic amines) is 1. The van der Waals surface area contributed by atoms with E-state index in [1.807, 2.05) is 41.3 Å². The Morgan fingerprint density at radius 3 is 2.62 bits per heavy atom. The number of aryl methyl sites for hydroxylation is 1. The summed E-state index contributed by atoms with van der Waals surface area (Å²) in [6, 6.07) is 15.3. The van der Waals surface area contributed by atoms with E-state index in [9.17, 15) is 9.90 Å². The Hall–Kier alpha value is -2.82. The van der Waals surface area contributed by atoms with E-state index in [0.29, 0.717) is 18.8 Å². The van der Waals surface area contributed by atoms with Crippen LogP contribution in [0.3, 0.4) is 0 Å². The van der Waals surface area contributed by atoms with Crippen molar-refractivity contribution in [3.05, 3.63) is 59.9 Å². The van der Waals surface area contributed by atoms with Gasteiger partial charge in [-0.15, -0.1) is 0 Å². The summed E-state index contributed by atoms with van der Waals surface area (Å²) in [6.45, 7) is 1.53. The molecule has 0 atom stereocenters. The lowest BCUT2D eigenvalue weighted by Crippen LogP contribution is -2.38. The summed E-state index contributed by atoms with van der Waals surface area (Å²) in [5.41, 5.74) is 2.91. The van der Waals surface area contributed by atoms with Crippen LogP contribution in [0.15, 0.2) is 48.5 Å². The first-order valence-electron chi connectivity index (χ1n) is 9.20. The maximum atomic E-state index is 12.5. The first-order chi connectivity index (χ1) is 12.7. The highest BCUT2D eigenvalue weighted by Crippen LogP contribution is 2.28. The predicted octanol–water partition coefficient (Wildman–Crippen LogP) is 3.61. The van der Waals surface area contributed by atoms with Crippen molar-refractivity contribution in [3.63, 3.8) is 0 Å². The van der Waals surface area contributed by atoms with E-state index >= 15 is 0 Å². The molecule has 0 unspecified atom stereocenters. The number of nitrogens with zero attached hydrogens (tertiary/aromatic N) is 2. The average Bonchev–Trinajstić information content (AvgIpc) is 3.11. The molecule has 26 heavy (non-hydrogen) atoms. The molecule has 2 heterocycles. The van der Waals surface area contributed by atoms with Gasteiger partial charge in [-0.2, -0.15) is 0 Å². The third-order valence-corrected chi connectivity index (χ3v) is 5.24. The van der Waals surface area contributed by atoms with Gasteiger partial charge in [0.1, 0.15) is 11.6 Å². The van der Waals surface area contributed by atoms with Crippen molar-refractivity contribution in [3.8, 4) is 5.75 Å². The van der Waals surface area contributed by atoms with E-state index in [2.05, 4.69) is 4.98 Å². The lowest BCUT2D eigenvalue weighted by atomic mass is 9.95. The van der Waals surface area contributed by atoms with Crippen molar-refractivity contribution in [2.45, 2.75) is 31.6 Å². The Labute approximate surface area is 152 Å². The number of aromatic nitrogens is 2. The van der Waals surface area contributed by atoms with Gasteiger partial charge in [-0.1, -0.05) is 30.3 Å². The quantitative estimate of drug-likeness (QED) is 0.756. The Balaban J connectivity index is 1.33. The molecule has 0 spiro atoms. The molecule has 1 aliphatic heterocycles. The maximum absolute atomic E-state index is 12.5. The van der Waals surface area contributed by atoms with Crippen molar-refractivity contribution < 1.29 is 9.90 Å². The number of para-hydroxylation sites is 3. The summed E-state index contributed by atoms with van der Waals surface area (Å²) >= 11 is 0. The summed E-state index contributed by atoms with van der Waals surface area (Å²) in [5, 5.41) is 9.82. The number of fused-ring (bicyclic) bond motifs is 1. The zero-order valence-electron chi connectivity index (χ0n) is 14.7. The van der Waals surface area contributed by atoms with Gasteiger partial charge in [-0.3, -0.25) is 4.79 Å². The summed E-state index contributed by atoms with van der Waals surface area (Å²) in [7, 11) is 0. The van der Waals surface area contributed by atoms with Crippen LogP contribution >= 0.6 is 0 Å². The number of phenols is 1. The molecule has 2 N–H and O–H groups in total. The zero-order chi connectivity index (χ0) is 17.9. The van der Waals surface area contributed by atoms with Crippen molar-refractivity contribution in [1.82, 2.24) is 14.9 Å². The van der Waals surface area contributed by atoms with Crippen LogP contribution in [0.2, 0.25) is 0 Å². The van der Waals surface area contributed by atoms with E-state index in [1.54, 1.807) is 12.1 Å². The minimum absolute atomic E-state index is 0.163. The van der Waals surface area contributed by atoms with Gasteiger partial charge in [0.2, 0.25) is 5.91 Å². The fraction of sp³-hybridized carbons (Fsp3) is 0.333. The summed E-state index contributed by atoms with van der Waals surface area (Å²) in [6.07, 6.45) is 2.88. The minimum Gasteiger partial charge on any atom is -0.508 e. The number of aromatic hydroxyl groups is 1. The second kappa shape index (κ2) is 7.20. The molecule has 2 aromatic carbocycles. The van der Waals surface area contributed by atoms with Crippen LogP contribution in [-0.4, -0.2) is 39.0 Å². The highest BCUT2D eigenvalue weighted by Gasteiger charge is 2.25. The van der Waals surface area contributed by atoms with Gasteiger partial charge in [0.15, 0.2) is 0 Å². The normalized spacial score (nSPS) is 15.5. The number of nitrogens with one attached hydrogen (secondary N) is 1. The number of carbonyl (C=O) groups is 1. The van der Waals surface area contributed by atoms with Gasteiger partial charge in [-0.05, 0) is 43.0 Å². The number of carbonyl (C=O) groups excluding carboxylic acids is 1. The minimum atomic E-state index is 0.163. The SMILES string of the molecule is O=C(CCc1ccccc1O)N1CCC(c2nc3ccccc3[nH]2)CC1. The summed E-state index contributed by atoms with van der Waals surface area (Å²) in [4.78, 5) is 22.6. The van der Waals surface area contributed by atoms with E-state index < -0.39 is 0 Å². The molecular formula is C21H23N3O2. The van der Waals surface area contributed by atoms with E-state index in [1.165, 1.54) is 0 Å². The number of piperidine rings is 1. The second-order valence-electron chi connectivity index (χ2n) is 6.92. The molecule has 0 radical (unpaired) electrons. The fourth-order valence-electron chi connectivity index (χ4n) is 3.69. The Bertz CT molecular complexity index is 877. The van der Waals surface area contributed by atoms with Crippen LogP contribution in [0.1, 0.15) is 36.6 Å². The molecular weight excluding hydrogens is 326 g/mol. The van der Waals surface area contributed by atoms with Gasteiger partial charge in [0.25, 0.3) is 0 Å². The van der Waals surface area contributed by atoms with E-state index in [4.69, 9.17) is 4.98 Å². The number of H-pyrrole nitrogens is 1. The average molecular weight is 349 g/mol. The monoisotopic (exact) mass is 349 g/mol. The number of rotatable bonds is 4. The van der Waals surface area contributed by atoms with E-state index in [-0.39, 0.29) is 11.7 Å². The van der Waals surface area contributed by atoms with Gasteiger partial charge in [0.05, 0.1) is 11.0 Å². The largest absolute Gasteiger partial charge is 0.508 e. The van der Waals surface area contributed by atoms with Crippen LogP contribution in [0.5, 0.6) is 5.75 Å². The summed E-state index contributed by atoms with van der Waals surface area (Å²) < 4.78 is 0. The van der Waals surface area contributed by atoms with Crippen LogP contribution < -0.4 is 0 Å². The molecule has 4 rings (SSSR count). The first kappa shape index (κ1) is 16.6. The number of phenolic OH excluding ortho intramolecular Hbond substituents is 1. The number of hydrogen-bond acceptors (Lipinski definition) is 3. The topological polar surface area (TPSA) is 69.2 Å². The molecule has 1 amide bonds. The third kappa shape index (κ3) is 3.43. The van der Waals surface area contributed by atoms with Gasteiger partial charge >= 0.3 is 0 Å². The number of amides is 1. The van der Waals surface area contributed by atoms with Crippen LogP contribution in [0, 0.1) is 0 Å². The van der Waals surface area contributed by atoms with Crippen LogP contribution in [-0.2, 0) is 11.2 Å². The molecule has 5 heteroatoms. The molecule has 0 aliphatic carbocycles. The van der Waals surface area contributed by atoms with Crippen molar-refractivity contribution in [2.75, 3.05) is 13.1 Å². The fourth-order valence-corrected chi connectivity index (χ4v) is 3.69. The smallest absolute Gasteiger partial charge is 0.222 e. The van der Waals surface area contributed by atoms with Crippen LogP contribution in [0.4, 0.5) is 0 Å². The zero-order valence-corrected chi connectivity index (χ0v) is 14.7. The van der Waals surface area contributed by atoms with Gasteiger partial charge in [0, 0.05) is 25.4 Å². The van der Waals surface area contributed by atoms with Crippen molar-refractivity contribution >= 4 is 16.9 Å². The van der Waals surface area contributed by atoms with Crippen LogP contribution in [0.25, 0.3) is 11.0 Å². The highest BCUT2D eigenvalue weighted by molar-refractivity contribution is 5.77. The standard InChI is InChI=1S/C21H23N3O2/c25-19-8-4-1-5-15(19)9-10-20(26)24-13-11-16(12-14-24)21-22-17-6-2-3-7-18(17)23-21/h1-8,16,25H,9-14H2,(H,22,23). The lowest BCUT2D eigenvalue weighted by Gasteiger charge is -2.31.